The number of hydrogen-bond acceptors (Lipinski definition) is 3. The van der Waals surface area contributed by atoms with Gasteiger partial charge in [0.05, 0.1) is 6.04 Å². The number of carbonyl (C=O) groups is 1. The van der Waals surface area contributed by atoms with Crippen LogP contribution in [0.5, 0.6) is 11.5 Å². The molecule has 26 heavy (non-hydrogen) atoms. The van der Waals surface area contributed by atoms with Crippen molar-refractivity contribution in [3.8, 4) is 11.5 Å². The minimum atomic E-state index is -0.237. The molecule has 0 radical (unpaired) electrons. The van der Waals surface area contributed by atoms with Gasteiger partial charge in [0.1, 0.15) is 17.1 Å². The van der Waals surface area contributed by atoms with E-state index < -0.39 is 0 Å². The smallest absolute Gasteiger partial charge is 0.258 e. The molecule has 5 heteroatoms. The molecule has 1 N–H and O–H groups in total. The van der Waals surface area contributed by atoms with Crippen LogP contribution in [-0.2, 0) is 4.79 Å². The van der Waals surface area contributed by atoms with E-state index in [9.17, 15) is 4.79 Å². The van der Waals surface area contributed by atoms with Gasteiger partial charge in [0.15, 0.2) is 6.61 Å². The number of fused-ring (bicyclic) bond motifs is 1. The second kappa shape index (κ2) is 8.12. The van der Waals surface area contributed by atoms with E-state index in [0.29, 0.717) is 5.75 Å². The van der Waals surface area contributed by atoms with Crippen molar-refractivity contribution in [2.45, 2.75) is 44.8 Å². The molecule has 0 spiro atoms. The summed E-state index contributed by atoms with van der Waals surface area (Å²) in [6.07, 6.45) is 2.57. The van der Waals surface area contributed by atoms with Gasteiger partial charge in [-0.2, -0.15) is 0 Å². The third kappa shape index (κ3) is 4.21. The summed E-state index contributed by atoms with van der Waals surface area (Å²) >= 11 is 3.38. The summed E-state index contributed by atoms with van der Waals surface area (Å²) in [4.78, 5) is 12.5. The van der Waals surface area contributed by atoms with Crippen LogP contribution < -0.4 is 14.8 Å². The van der Waals surface area contributed by atoms with Crippen molar-refractivity contribution in [1.82, 2.24) is 5.32 Å². The van der Waals surface area contributed by atoms with Crippen molar-refractivity contribution in [3.63, 3.8) is 0 Å². The van der Waals surface area contributed by atoms with Gasteiger partial charge in [-0.15, -0.1) is 0 Å². The molecular formula is C21H24BrNO3. The largest absolute Gasteiger partial charge is 0.487 e. The first kappa shape index (κ1) is 18.8. The lowest BCUT2D eigenvalue weighted by Crippen LogP contribution is -2.45. The highest BCUT2D eigenvalue weighted by molar-refractivity contribution is 9.10. The molecular weight excluding hydrogens is 394 g/mol. The molecule has 2 aromatic carbocycles. The molecule has 1 aliphatic rings. The highest BCUT2D eigenvalue weighted by Crippen LogP contribution is 2.42. The molecule has 4 nitrogen and oxygen atoms in total. The molecule has 1 atom stereocenters. The minimum absolute atomic E-state index is 0.00753. The quantitative estimate of drug-likeness (QED) is 0.716. The van der Waals surface area contributed by atoms with Gasteiger partial charge in [0, 0.05) is 16.5 Å². The molecule has 0 saturated carbocycles. The monoisotopic (exact) mass is 417 g/mol. The third-order valence-corrected chi connectivity index (χ3v) is 5.53. The molecule has 0 aromatic heterocycles. The predicted molar refractivity (Wildman–Crippen MR) is 106 cm³/mol. The number of carbonyl (C=O) groups excluding carboxylic acids is 1. The zero-order valence-corrected chi connectivity index (χ0v) is 16.7. The fourth-order valence-electron chi connectivity index (χ4n) is 3.35. The Hall–Kier alpha value is -2.01. The van der Waals surface area contributed by atoms with Crippen LogP contribution in [0.2, 0.25) is 0 Å². The number of hydrogen-bond donors (Lipinski definition) is 1. The summed E-state index contributed by atoms with van der Waals surface area (Å²) in [5, 5.41) is 3.13. The van der Waals surface area contributed by atoms with E-state index in [-0.39, 0.29) is 24.2 Å². The van der Waals surface area contributed by atoms with E-state index in [4.69, 9.17) is 9.47 Å². The van der Waals surface area contributed by atoms with Crippen molar-refractivity contribution in [2.24, 2.45) is 0 Å². The Morgan fingerprint density at radius 3 is 2.58 bits per heavy atom. The van der Waals surface area contributed by atoms with Crippen LogP contribution in [0.15, 0.2) is 53.0 Å². The number of benzene rings is 2. The normalized spacial score (nSPS) is 17.7. The van der Waals surface area contributed by atoms with Crippen LogP contribution in [0.1, 0.15) is 44.7 Å². The number of para-hydroxylation sites is 1. The number of nitrogens with one attached hydrogen (secondary N) is 1. The Balaban J connectivity index is 1.69. The van der Waals surface area contributed by atoms with Crippen LogP contribution in [0.3, 0.4) is 0 Å². The molecule has 138 valence electrons. The van der Waals surface area contributed by atoms with E-state index in [1.165, 1.54) is 0 Å². The van der Waals surface area contributed by atoms with Crippen LogP contribution >= 0.6 is 15.9 Å². The molecule has 2 aromatic rings. The molecule has 0 bridgehead atoms. The molecule has 0 saturated heterocycles. The maximum atomic E-state index is 12.5. The Kier molecular flexibility index (Phi) is 5.87. The van der Waals surface area contributed by atoms with Crippen molar-refractivity contribution in [3.05, 3.63) is 58.6 Å². The van der Waals surface area contributed by atoms with E-state index in [2.05, 4.69) is 35.1 Å². The molecule has 0 unspecified atom stereocenters. The number of rotatable bonds is 6. The van der Waals surface area contributed by atoms with Crippen molar-refractivity contribution in [1.29, 1.82) is 0 Å². The maximum Gasteiger partial charge on any atom is 0.258 e. The Bertz CT molecular complexity index is 756. The maximum absolute atomic E-state index is 12.5. The summed E-state index contributed by atoms with van der Waals surface area (Å²) in [5.41, 5.74) is 0.792. The van der Waals surface area contributed by atoms with Gasteiger partial charge in [-0.25, -0.2) is 0 Å². The standard InChI is InChI=1S/C21H24BrNO3/c1-3-21(4-2)13-18(17-7-5-6-8-19(17)26-21)23-20(24)14-25-16-11-9-15(22)10-12-16/h5-12,18H,3-4,13-14H2,1-2H3,(H,23,24)/t18-/m1/s1. The van der Waals surface area contributed by atoms with Gasteiger partial charge >= 0.3 is 0 Å². The van der Waals surface area contributed by atoms with E-state index in [1.54, 1.807) is 0 Å². The van der Waals surface area contributed by atoms with Crippen molar-refractivity contribution >= 4 is 21.8 Å². The van der Waals surface area contributed by atoms with E-state index in [0.717, 1.165) is 35.0 Å². The van der Waals surface area contributed by atoms with Crippen LogP contribution in [0.25, 0.3) is 0 Å². The summed E-state index contributed by atoms with van der Waals surface area (Å²) in [6, 6.07) is 15.3. The predicted octanol–water partition coefficient (Wildman–Crippen LogP) is 5.03. The average molecular weight is 418 g/mol. The number of halogens is 1. The van der Waals surface area contributed by atoms with Crippen molar-refractivity contribution < 1.29 is 14.3 Å². The third-order valence-electron chi connectivity index (χ3n) is 5.00. The average Bonchev–Trinajstić information content (AvgIpc) is 2.67. The molecule has 0 fully saturated rings. The lowest BCUT2D eigenvalue weighted by Gasteiger charge is -2.41. The topological polar surface area (TPSA) is 47.6 Å². The van der Waals surface area contributed by atoms with Crippen LogP contribution in [0, 0.1) is 0 Å². The van der Waals surface area contributed by atoms with Gasteiger partial charge in [-0.1, -0.05) is 48.0 Å². The lowest BCUT2D eigenvalue weighted by molar-refractivity contribution is -0.124. The molecule has 0 aliphatic carbocycles. The van der Waals surface area contributed by atoms with Gasteiger partial charge < -0.3 is 14.8 Å². The van der Waals surface area contributed by atoms with E-state index in [1.807, 2.05) is 48.5 Å². The zero-order valence-electron chi connectivity index (χ0n) is 15.1. The first-order chi connectivity index (χ1) is 12.5. The summed E-state index contributed by atoms with van der Waals surface area (Å²) < 4.78 is 12.9. The second-order valence-corrected chi connectivity index (χ2v) is 7.51. The SMILES string of the molecule is CCC1(CC)C[C@@H](NC(=O)COc2ccc(Br)cc2)c2ccccc2O1. The van der Waals surface area contributed by atoms with Gasteiger partial charge in [0.2, 0.25) is 0 Å². The first-order valence-corrected chi connectivity index (χ1v) is 9.80. The minimum Gasteiger partial charge on any atom is -0.487 e. The van der Waals surface area contributed by atoms with E-state index >= 15 is 0 Å². The summed E-state index contributed by atoms with van der Waals surface area (Å²) in [6.45, 7) is 4.26. The fourth-order valence-corrected chi connectivity index (χ4v) is 3.61. The highest BCUT2D eigenvalue weighted by atomic mass is 79.9. The molecule has 1 amide bonds. The molecule has 1 aliphatic heterocycles. The Morgan fingerprint density at radius 1 is 1.19 bits per heavy atom. The second-order valence-electron chi connectivity index (χ2n) is 6.60. The summed E-state index contributed by atoms with van der Waals surface area (Å²) in [7, 11) is 0. The first-order valence-electron chi connectivity index (χ1n) is 9.01. The lowest BCUT2D eigenvalue weighted by atomic mass is 9.83. The van der Waals surface area contributed by atoms with Crippen LogP contribution in [0.4, 0.5) is 0 Å². The van der Waals surface area contributed by atoms with Gasteiger partial charge in [0.25, 0.3) is 5.91 Å². The van der Waals surface area contributed by atoms with Gasteiger partial charge in [-0.05, 0) is 43.2 Å². The summed E-state index contributed by atoms with van der Waals surface area (Å²) in [5.74, 6) is 1.41. The Labute approximate surface area is 163 Å². The van der Waals surface area contributed by atoms with Crippen LogP contribution in [-0.4, -0.2) is 18.1 Å². The Morgan fingerprint density at radius 2 is 1.88 bits per heavy atom. The molecule has 1 heterocycles. The number of ether oxygens (including phenoxy) is 2. The van der Waals surface area contributed by atoms with Gasteiger partial charge in [-0.3, -0.25) is 4.79 Å². The fraction of sp³-hybridized carbons (Fsp3) is 0.381. The van der Waals surface area contributed by atoms with Crippen molar-refractivity contribution in [2.75, 3.05) is 6.61 Å². The zero-order chi connectivity index (χ0) is 18.6. The number of amides is 1. The molecule has 3 rings (SSSR count). The highest BCUT2D eigenvalue weighted by Gasteiger charge is 2.38.